The molecule has 2 rings (SSSR count). The lowest BCUT2D eigenvalue weighted by Gasteiger charge is -2.01. The average molecular weight is 352 g/mol. The molecule has 2 N–H and O–H groups in total. The smallest absolute Gasteiger partial charge is 0.278 e. The number of benzene rings is 2. The lowest BCUT2D eigenvalue weighted by atomic mass is 10.2. The summed E-state index contributed by atoms with van der Waals surface area (Å²) < 4.78 is 0. The summed E-state index contributed by atoms with van der Waals surface area (Å²) in [6.45, 7) is -0.272. The highest BCUT2D eigenvalue weighted by atomic mass is 16.6. The SMILES string of the molecule is O=C(/C=C/c1ccccc1)NCC(=O)N/N=C\c1ccccc1[N+](=O)[O-]. The first-order valence-corrected chi connectivity index (χ1v) is 7.62. The van der Waals surface area contributed by atoms with Crippen molar-refractivity contribution in [3.8, 4) is 0 Å². The lowest BCUT2D eigenvalue weighted by molar-refractivity contribution is -0.385. The molecule has 0 aliphatic carbocycles. The van der Waals surface area contributed by atoms with E-state index in [0.29, 0.717) is 0 Å². The van der Waals surface area contributed by atoms with Crippen molar-refractivity contribution >= 4 is 29.8 Å². The second-order valence-corrected chi connectivity index (χ2v) is 5.07. The van der Waals surface area contributed by atoms with Crippen LogP contribution in [0.1, 0.15) is 11.1 Å². The second-order valence-electron chi connectivity index (χ2n) is 5.07. The minimum atomic E-state index is -0.554. The van der Waals surface area contributed by atoms with Gasteiger partial charge in [0.1, 0.15) is 0 Å². The van der Waals surface area contributed by atoms with E-state index in [2.05, 4.69) is 15.8 Å². The number of rotatable bonds is 7. The van der Waals surface area contributed by atoms with Gasteiger partial charge < -0.3 is 5.32 Å². The summed E-state index contributed by atoms with van der Waals surface area (Å²) in [6.07, 6.45) is 4.12. The highest BCUT2D eigenvalue weighted by Crippen LogP contribution is 2.14. The van der Waals surface area contributed by atoms with Crippen molar-refractivity contribution in [1.29, 1.82) is 0 Å². The number of carbonyl (C=O) groups excluding carboxylic acids is 2. The van der Waals surface area contributed by atoms with Crippen LogP contribution < -0.4 is 10.7 Å². The number of nitro benzene ring substituents is 1. The summed E-state index contributed by atoms with van der Waals surface area (Å²) >= 11 is 0. The fraction of sp³-hybridized carbons (Fsp3) is 0.0556. The summed E-state index contributed by atoms with van der Waals surface area (Å²) in [5.74, 6) is -0.979. The monoisotopic (exact) mass is 352 g/mol. The zero-order chi connectivity index (χ0) is 18.8. The normalized spacial score (nSPS) is 10.8. The van der Waals surface area contributed by atoms with Crippen molar-refractivity contribution in [2.45, 2.75) is 0 Å². The summed E-state index contributed by atoms with van der Waals surface area (Å²) in [5, 5.41) is 16.9. The number of nitro groups is 1. The molecule has 0 spiro atoms. The number of hydrogen-bond donors (Lipinski definition) is 2. The fourth-order valence-corrected chi connectivity index (χ4v) is 1.94. The minimum absolute atomic E-state index is 0.121. The van der Waals surface area contributed by atoms with Crippen LogP contribution in [0.5, 0.6) is 0 Å². The fourth-order valence-electron chi connectivity index (χ4n) is 1.94. The number of carbonyl (C=O) groups is 2. The van der Waals surface area contributed by atoms with E-state index >= 15 is 0 Å². The van der Waals surface area contributed by atoms with E-state index in [9.17, 15) is 19.7 Å². The Bertz CT molecular complexity index is 847. The Balaban J connectivity index is 1.79. The van der Waals surface area contributed by atoms with Gasteiger partial charge in [0.2, 0.25) is 5.91 Å². The van der Waals surface area contributed by atoms with Gasteiger partial charge in [-0.15, -0.1) is 0 Å². The predicted octanol–water partition coefficient (Wildman–Crippen LogP) is 1.87. The molecule has 132 valence electrons. The molecule has 0 heterocycles. The van der Waals surface area contributed by atoms with Crippen molar-refractivity contribution in [1.82, 2.24) is 10.7 Å². The molecule has 0 unspecified atom stereocenters. The van der Waals surface area contributed by atoms with Gasteiger partial charge in [0.25, 0.3) is 11.6 Å². The molecule has 0 bridgehead atoms. The molecule has 8 heteroatoms. The standard InChI is InChI=1S/C18H16N4O4/c23-17(11-10-14-6-2-1-3-7-14)19-13-18(24)21-20-12-15-8-4-5-9-16(15)22(25)26/h1-12H,13H2,(H,19,23)(H,21,24)/b11-10+,20-12-. The Morgan fingerprint density at radius 3 is 2.50 bits per heavy atom. The molecule has 0 saturated carbocycles. The zero-order valence-electron chi connectivity index (χ0n) is 13.7. The third-order valence-electron chi connectivity index (χ3n) is 3.18. The van der Waals surface area contributed by atoms with Crippen LogP contribution in [0.15, 0.2) is 65.8 Å². The Kier molecular flexibility index (Phi) is 6.75. The van der Waals surface area contributed by atoms with Gasteiger partial charge in [0.15, 0.2) is 0 Å². The largest absolute Gasteiger partial charge is 0.343 e. The van der Waals surface area contributed by atoms with Gasteiger partial charge in [-0.25, -0.2) is 5.43 Å². The summed E-state index contributed by atoms with van der Waals surface area (Å²) in [6, 6.07) is 15.2. The summed E-state index contributed by atoms with van der Waals surface area (Å²) in [5.41, 5.74) is 3.19. The Labute approximate surface area is 149 Å². The molecule has 0 saturated heterocycles. The zero-order valence-corrected chi connectivity index (χ0v) is 13.7. The van der Waals surface area contributed by atoms with Crippen LogP contribution in [-0.2, 0) is 9.59 Å². The lowest BCUT2D eigenvalue weighted by Crippen LogP contribution is -2.34. The number of amides is 2. The van der Waals surface area contributed by atoms with Crippen molar-refractivity contribution in [2.75, 3.05) is 6.54 Å². The van der Waals surface area contributed by atoms with Gasteiger partial charge in [-0.2, -0.15) is 5.10 Å². The van der Waals surface area contributed by atoms with E-state index in [1.807, 2.05) is 30.3 Å². The molecule has 2 aromatic rings. The number of nitrogens with one attached hydrogen (secondary N) is 2. The Morgan fingerprint density at radius 1 is 1.08 bits per heavy atom. The predicted molar refractivity (Wildman–Crippen MR) is 97.3 cm³/mol. The average Bonchev–Trinajstić information content (AvgIpc) is 2.66. The van der Waals surface area contributed by atoms with Crippen molar-refractivity contribution in [3.05, 3.63) is 81.9 Å². The number of para-hydroxylation sites is 1. The van der Waals surface area contributed by atoms with Crippen LogP contribution in [0, 0.1) is 10.1 Å². The van der Waals surface area contributed by atoms with Gasteiger partial charge >= 0.3 is 0 Å². The van der Waals surface area contributed by atoms with Crippen LogP contribution in [0.25, 0.3) is 6.08 Å². The maximum atomic E-state index is 11.6. The van der Waals surface area contributed by atoms with Crippen molar-refractivity contribution in [3.63, 3.8) is 0 Å². The molecule has 2 amide bonds. The topological polar surface area (TPSA) is 114 Å². The number of nitrogens with zero attached hydrogens (tertiary/aromatic N) is 2. The van der Waals surface area contributed by atoms with E-state index in [4.69, 9.17) is 0 Å². The highest BCUT2D eigenvalue weighted by molar-refractivity contribution is 5.94. The summed E-state index contributed by atoms with van der Waals surface area (Å²) in [7, 11) is 0. The molecule has 0 aliphatic heterocycles. The first kappa shape index (κ1) is 18.5. The van der Waals surface area contributed by atoms with E-state index in [1.165, 1.54) is 30.5 Å². The van der Waals surface area contributed by atoms with Gasteiger partial charge in [0.05, 0.1) is 23.2 Å². The molecule has 26 heavy (non-hydrogen) atoms. The maximum Gasteiger partial charge on any atom is 0.278 e. The van der Waals surface area contributed by atoms with Crippen molar-refractivity contribution in [2.24, 2.45) is 5.10 Å². The van der Waals surface area contributed by atoms with Crippen LogP contribution in [0.4, 0.5) is 5.69 Å². The molecule has 0 aliphatic rings. The molecule has 0 atom stereocenters. The van der Waals surface area contributed by atoms with E-state index < -0.39 is 16.7 Å². The third kappa shape index (κ3) is 6.00. The van der Waals surface area contributed by atoms with Crippen LogP contribution in [-0.4, -0.2) is 29.5 Å². The van der Waals surface area contributed by atoms with Crippen LogP contribution in [0.3, 0.4) is 0 Å². The van der Waals surface area contributed by atoms with Gasteiger partial charge in [-0.1, -0.05) is 42.5 Å². The second kappa shape index (κ2) is 9.48. The van der Waals surface area contributed by atoms with E-state index in [1.54, 1.807) is 12.1 Å². The van der Waals surface area contributed by atoms with E-state index in [0.717, 1.165) is 5.56 Å². The number of hydrazone groups is 1. The highest BCUT2D eigenvalue weighted by Gasteiger charge is 2.10. The van der Waals surface area contributed by atoms with Crippen molar-refractivity contribution < 1.29 is 14.5 Å². The first-order chi connectivity index (χ1) is 12.6. The maximum absolute atomic E-state index is 11.6. The molecular formula is C18H16N4O4. The quantitative estimate of drug-likeness (QED) is 0.343. The Morgan fingerprint density at radius 2 is 1.77 bits per heavy atom. The third-order valence-corrected chi connectivity index (χ3v) is 3.18. The van der Waals surface area contributed by atoms with Crippen LogP contribution in [0.2, 0.25) is 0 Å². The molecule has 0 aromatic heterocycles. The van der Waals surface area contributed by atoms with Gasteiger partial charge in [0, 0.05) is 12.1 Å². The number of hydrogen-bond acceptors (Lipinski definition) is 5. The first-order valence-electron chi connectivity index (χ1n) is 7.62. The minimum Gasteiger partial charge on any atom is -0.343 e. The molecule has 0 radical (unpaired) electrons. The molecule has 0 fully saturated rings. The van der Waals surface area contributed by atoms with Gasteiger partial charge in [-0.05, 0) is 17.7 Å². The Hall–Kier alpha value is -3.81. The van der Waals surface area contributed by atoms with E-state index in [-0.39, 0.29) is 17.8 Å². The molecule has 2 aromatic carbocycles. The molecule has 8 nitrogen and oxygen atoms in total. The molecular weight excluding hydrogens is 336 g/mol. The summed E-state index contributed by atoms with van der Waals surface area (Å²) in [4.78, 5) is 33.6. The van der Waals surface area contributed by atoms with Gasteiger partial charge in [-0.3, -0.25) is 19.7 Å². The van der Waals surface area contributed by atoms with Crippen LogP contribution >= 0.6 is 0 Å².